The van der Waals surface area contributed by atoms with Gasteiger partial charge >= 0.3 is 0 Å². The molecule has 0 radical (unpaired) electrons. The fraction of sp³-hybridized carbons (Fsp3) is 0.524. The number of hydrogen-bond donors (Lipinski definition) is 1. The van der Waals surface area contributed by atoms with Crippen LogP contribution in [0.1, 0.15) is 52.2 Å². The van der Waals surface area contributed by atoms with Crippen LogP contribution in [-0.2, 0) is 6.42 Å². The Balaban J connectivity index is 2.21. The van der Waals surface area contributed by atoms with Crippen molar-refractivity contribution in [1.82, 2.24) is 15.2 Å². The van der Waals surface area contributed by atoms with Crippen molar-refractivity contribution in [3.8, 4) is 0 Å². The Hall–Kier alpha value is -2.14. The van der Waals surface area contributed by atoms with Crippen molar-refractivity contribution in [1.29, 1.82) is 0 Å². The van der Waals surface area contributed by atoms with Crippen molar-refractivity contribution < 1.29 is 0 Å². The molecule has 1 aromatic carbocycles. The number of guanidine groups is 1. The molecule has 1 aromatic rings. The van der Waals surface area contributed by atoms with Gasteiger partial charge in [-0.3, -0.25) is 0 Å². The minimum Gasteiger partial charge on any atom is -0.338 e. The number of allylic oxidation sites excluding steroid dienone is 1. The number of rotatable bonds is 3. The molecule has 2 heterocycles. The van der Waals surface area contributed by atoms with Crippen LogP contribution in [0, 0.1) is 0 Å². The topological polar surface area (TPSA) is 43.2 Å². The van der Waals surface area contributed by atoms with E-state index in [4.69, 9.17) is 10.1 Å². The van der Waals surface area contributed by atoms with E-state index in [0.29, 0.717) is 0 Å². The van der Waals surface area contributed by atoms with Gasteiger partial charge in [0.25, 0.3) is 0 Å². The van der Waals surface area contributed by atoms with Crippen molar-refractivity contribution >= 4 is 23.1 Å². The number of piperazine rings is 1. The fourth-order valence-electron chi connectivity index (χ4n) is 3.40. The van der Waals surface area contributed by atoms with Gasteiger partial charge in [0.05, 0.1) is 11.4 Å². The second-order valence-electron chi connectivity index (χ2n) is 7.20. The molecule has 1 saturated heterocycles. The molecule has 0 saturated carbocycles. The number of aryl methyl sites for hydroxylation is 1. The van der Waals surface area contributed by atoms with Gasteiger partial charge in [-0.15, -0.1) is 0 Å². The molecule has 0 spiro atoms. The van der Waals surface area contributed by atoms with E-state index in [0.717, 1.165) is 56.4 Å². The third kappa shape index (κ3) is 3.68. The Bertz CT molecular complexity index is 750. The van der Waals surface area contributed by atoms with Crippen LogP contribution in [-0.4, -0.2) is 47.8 Å². The number of benzene rings is 1. The van der Waals surface area contributed by atoms with Crippen LogP contribution in [0.3, 0.4) is 0 Å². The van der Waals surface area contributed by atoms with Gasteiger partial charge in [-0.25, -0.2) is 4.99 Å². The van der Waals surface area contributed by atoms with Crippen LogP contribution in [0.2, 0.25) is 0 Å². The first-order valence-corrected chi connectivity index (χ1v) is 9.74. The molecule has 2 aliphatic heterocycles. The Morgan fingerprint density at radius 1 is 1.15 bits per heavy atom. The van der Waals surface area contributed by atoms with Crippen molar-refractivity contribution in [2.24, 2.45) is 10.1 Å². The van der Waals surface area contributed by atoms with Gasteiger partial charge in [0.2, 0.25) is 5.96 Å². The van der Waals surface area contributed by atoms with Crippen LogP contribution in [0.25, 0.3) is 5.70 Å². The molecule has 0 bridgehead atoms. The smallest absolute Gasteiger partial charge is 0.227 e. The summed E-state index contributed by atoms with van der Waals surface area (Å²) in [5.41, 5.74) is 7.16. The van der Waals surface area contributed by atoms with Gasteiger partial charge in [-0.2, -0.15) is 10.1 Å². The molecular formula is C21H31N5. The molecule has 5 heteroatoms. The van der Waals surface area contributed by atoms with Crippen LogP contribution in [0.5, 0.6) is 0 Å². The maximum absolute atomic E-state index is 5.05. The molecule has 0 amide bonds. The summed E-state index contributed by atoms with van der Waals surface area (Å²) in [5, 5.41) is 10.4. The highest BCUT2D eigenvalue weighted by atomic mass is 15.6. The molecule has 26 heavy (non-hydrogen) atoms. The molecule has 140 valence electrons. The molecule has 0 aromatic heterocycles. The zero-order chi connectivity index (χ0) is 18.7. The normalized spacial score (nSPS) is 19.0. The zero-order valence-corrected chi connectivity index (χ0v) is 16.8. The SMILES string of the molecule is CCC(C)=C1c2cc(CC)ccc2N=C(N2CCNCC2)N1N=C(C)C. The molecule has 1 N–H and O–H groups in total. The van der Waals surface area contributed by atoms with E-state index in [1.165, 1.54) is 22.4 Å². The van der Waals surface area contributed by atoms with E-state index < -0.39 is 0 Å². The lowest BCUT2D eigenvalue weighted by Gasteiger charge is -2.38. The van der Waals surface area contributed by atoms with E-state index in [1.54, 1.807) is 0 Å². The first-order chi connectivity index (χ1) is 12.5. The van der Waals surface area contributed by atoms with Gasteiger partial charge < -0.3 is 10.2 Å². The highest BCUT2D eigenvalue weighted by Crippen LogP contribution is 2.38. The van der Waals surface area contributed by atoms with Crippen molar-refractivity contribution in [2.75, 3.05) is 26.2 Å². The summed E-state index contributed by atoms with van der Waals surface area (Å²) >= 11 is 0. The minimum absolute atomic E-state index is 0.951. The maximum Gasteiger partial charge on any atom is 0.227 e. The number of nitrogens with one attached hydrogen (secondary N) is 1. The standard InChI is InChI=1S/C21H31N5/c1-6-16(5)20-18-14-17(7-2)8-9-19(18)23-21(26(20)24-15(3)4)25-12-10-22-11-13-25/h8-9,14,22H,6-7,10-13H2,1-5H3. The van der Waals surface area contributed by atoms with Gasteiger partial charge in [-0.05, 0) is 56.9 Å². The highest BCUT2D eigenvalue weighted by Gasteiger charge is 2.30. The maximum atomic E-state index is 5.05. The summed E-state index contributed by atoms with van der Waals surface area (Å²) < 4.78 is 0. The quantitative estimate of drug-likeness (QED) is 0.836. The third-order valence-corrected chi connectivity index (χ3v) is 4.98. The number of aliphatic imine (C=N–C) groups is 1. The lowest BCUT2D eigenvalue weighted by Crippen LogP contribution is -2.51. The number of hydrogen-bond acceptors (Lipinski definition) is 5. The minimum atomic E-state index is 0.951. The molecule has 0 aliphatic carbocycles. The van der Waals surface area contributed by atoms with E-state index in [1.807, 2.05) is 13.8 Å². The van der Waals surface area contributed by atoms with Crippen LogP contribution in [0.4, 0.5) is 5.69 Å². The molecule has 5 nitrogen and oxygen atoms in total. The van der Waals surface area contributed by atoms with Crippen LogP contribution >= 0.6 is 0 Å². The number of hydrazone groups is 1. The molecule has 1 fully saturated rings. The summed E-state index contributed by atoms with van der Waals surface area (Å²) in [6.45, 7) is 14.6. The number of nitrogens with zero attached hydrogens (tertiary/aromatic N) is 4. The predicted molar refractivity (Wildman–Crippen MR) is 111 cm³/mol. The molecule has 0 unspecified atom stereocenters. The van der Waals surface area contributed by atoms with Gasteiger partial charge in [0, 0.05) is 37.5 Å². The van der Waals surface area contributed by atoms with Crippen LogP contribution < -0.4 is 5.32 Å². The zero-order valence-electron chi connectivity index (χ0n) is 16.8. The first-order valence-electron chi connectivity index (χ1n) is 9.74. The highest BCUT2D eigenvalue weighted by molar-refractivity contribution is 5.98. The van der Waals surface area contributed by atoms with Crippen molar-refractivity contribution in [3.05, 3.63) is 34.9 Å². The average Bonchev–Trinajstić information content (AvgIpc) is 2.66. The second-order valence-corrected chi connectivity index (χ2v) is 7.20. The predicted octanol–water partition coefficient (Wildman–Crippen LogP) is 3.99. The molecule has 3 rings (SSSR count). The molecule has 2 aliphatic rings. The summed E-state index contributed by atoms with van der Waals surface area (Å²) in [6.07, 6.45) is 2.02. The van der Waals surface area contributed by atoms with E-state index in [9.17, 15) is 0 Å². The Labute approximate surface area is 157 Å². The van der Waals surface area contributed by atoms with Gasteiger partial charge in [0.1, 0.15) is 0 Å². The summed E-state index contributed by atoms with van der Waals surface area (Å²) in [7, 11) is 0. The van der Waals surface area contributed by atoms with Gasteiger partial charge in [0.15, 0.2) is 0 Å². The average molecular weight is 354 g/mol. The third-order valence-electron chi connectivity index (χ3n) is 4.98. The van der Waals surface area contributed by atoms with Crippen molar-refractivity contribution in [2.45, 2.75) is 47.5 Å². The summed E-state index contributed by atoms with van der Waals surface area (Å²) in [4.78, 5) is 7.40. The first kappa shape index (κ1) is 18.6. The van der Waals surface area contributed by atoms with E-state index >= 15 is 0 Å². The second kappa shape index (κ2) is 8.04. The number of fused-ring (bicyclic) bond motifs is 1. The monoisotopic (exact) mass is 353 g/mol. The fourth-order valence-corrected chi connectivity index (χ4v) is 3.40. The lowest BCUT2D eigenvalue weighted by atomic mass is 9.99. The Morgan fingerprint density at radius 2 is 1.88 bits per heavy atom. The van der Waals surface area contributed by atoms with Crippen LogP contribution in [0.15, 0.2) is 33.9 Å². The van der Waals surface area contributed by atoms with Crippen molar-refractivity contribution in [3.63, 3.8) is 0 Å². The molecular weight excluding hydrogens is 322 g/mol. The molecule has 0 atom stereocenters. The van der Waals surface area contributed by atoms with E-state index in [2.05, 4.69) is 54.2 Å². The lowest BCUT2D eigenvalue weighted by molar-refractivity contribution is 0.323. The summed E-state index contributed by atoms with van der Waals surface area (Å²) in [5.74, 6) is 0.951. The Morgan fingerprint density at radius 3 is 2.50 bits per heavy atom. The largest absolute Gasteiger partial charge is 0.338 e. The summed E-state index contributed by atoms with van der Waals surface area (Å²) in [6, 6.07) is 6.65. The Kier molecular flexibility index (Phi) is 5.77. The van der Waals surface area contributed by atoms with E-state index in [-0.39, 0.29) is 0 Å². The van der Waals surface area contributed by atoms with Gasteiger partial charge in [-0.1, -0.05) is 19.9 Å².